The molecule has 5 heteroatoms. The molecule has 0 spiro atoms. The van der Waals surface area contributed by atoms with Gasteiger partial charge >= 0.3 is 0 Å². The minimum absolute atomic E-state index is 0.461. The number of rotatable bonds is 2. The second kappa shape index (κ2) is 3.55. The number of H-pyrrole nitrogens is 1. The first-order valence-corrected chi connectivity index (χ1v) is 4.33. The quantitative estimate of drug-likeness (QED) is 0.726. The van der Waals surface area contributed by atoms with Gasteiger partial charge in [0.15, 0.2) is 5.82 Å². The molecule has 0 aliphatic heterocycles. The molecule has 0 aliphatic carbocycles. The Kier molecular flexibility index (Phi) is 2.24. The van der Waals surface area contributed by atoms with E-state index in [4.69, 9.17) is 5.73 Å². The first kappa shape index (κ1) is 8.83. The molecule has 0 fully saturated rings. The number of aromatic amines is 1. The first-order valence-electron chi connectivity index (χ1n) is 4.33. The van der Waals surface area contributed by atoms with E-state index in [0.29, 0.717) is 6.54 Å². The van der Waals surface area contributed by atoms with Crippen molar-refractivity contribution >= 4 is 0 Å². The lowest BCUT2D eigenvalue weighted by Crippen LogP contribution is -1.99. The van der Waals surface area contributed by atoms with Crippen molar-refractivity contribution in [3.05, 3.63) is 29.7 Å². The molecule has 0 amide bonds. The molecule has 0 bridgehead atoms. The molecule has 14 heavy (non-hydrogen) atoms. The highest BCUT2D eigenvalue weighted by molar-refractivity contribution is 5.49. The van der Waals surface area contributed by atoms with Crippen LogP contribution in [0.5, 0.6) is 0 Å². The smallest absolute Gasteiger partial charge is 0.158 e. The fourth-order valence-corrected chi connectivity index (χ4v) is 1.18. The van der Waals surface area contributed by atoms with Crippen LogP contribution in [0.4, 0.5) is 0 Å². The van der Waals surface area contributed by atoms with Gasteiger partial charge in [-0.25, -0.2) is 4.98 Å². The lowest BCUT2D eigenvalue weighted by Gasteiger charge is -1.97. The molecular weight excluding hydrogens is 178 g/mol. The summed E-state index contributed by atoms with van der Waals surface area (Å²) in [7, 11) is 0. The SMILES string of the molecule is Cc1cnc(-c2cc(CN)cnn2)[nH]1. The van der Waals surface area contributed by atoms with Gasteiger partial charge in [-0.1, -0.05) is 0 Å². The van der Waals surface area contributed by atoms with Gasteiger partial charge in [-0.05, 0) is 18.6 Å². The summed E-state index contributed by atoms with van der Waals surface area (Å²) in [6, 6.07) is 1.88. The Labute approximate surface area is 81.4 Å². The molecule has 2 heterocycles. The van der Waals surface area contributed by atoms with Crippen LogP contribution in [0, 0.1) is 6.92 Å². The van der Waals surface area contributed by atoms with E-state index in [1.807, 2.05) is 13.0 Å². The highest BCUT2D eigenvalue weighted by Gasteiger charge is 2.04. The molecule has 72 valence electrons. The lowest BCUT2D eigenvalue weighted by atomic mass is 10.2. The van der Waals surface area contributed by atoms with Crippen molar-refractivity contribution in [1.29, 1.82) is 0 Å². The highest BCUT2D eigenvalue weighted by atomic mass is 15.1. The number of nitrogens with one attached hydrogen (secondary N) is 1. The summed E-state index contributed by atoms with van der Waals surface area (Å²) in [5.41, 5.74) is 8.17. The van der Waals surface area contributed by atoms with Crippen molar-refractivity contribution in [2.45, 2.75) is 13.5 Å². The number of aryl methyl sites for hydroxylation is 1. The van der Waals surface area contributed by atoms with E-state index in [-0.39, 0.29) is 0 Å². The third-order valence-corrected chi connectivity index (χ3v) is 1.89. The van der Waals surface area contributed by atoms with Gasteiger partial charge in [-0.15, -0.1) is 5.10 Å². The molecule has 2 aromatic rings. The number of nitrogens with two attached hydrogens (primary N) is 1. The molecule has 0 aromatic carbocycles. The maximum Gasteiger partial charge on any atom is 0.158 e. The number of hydrogen-bond acceptors (Lipinski definition) is 4. The van der Waals surface area contributed by atoms with Crippen LogP contribution in [0.1, 0.15) is 11.3 Å². The molecule has 2 aromatic heterocycles. The topological polar surface area (TPSA) is 80.5 Å². The number of hydrogen-bond donors (Lipinski definition) is 2. The van der Waals surface area contributed by atoms with Crippen LogP contribution in [0.2, 0.25) is 0 Å². The Morgan fingerprint density at radius 1 is 1.43 bits per heavy atom. The van der Waals surface area contributed by atoms with E-state index in [0.717, 1.165) is 22.8 Å². The summed E-state index contributed by atoms with van der Waals surface area (Å²) in [6.45, 7) is 2.40. The Hall–Kier alpha value is -1.75. The molecule has 5 nitrogen and oxygen atoms in total. The third-order valence-electron chi connectivity index (χ3n) is 1.89. The zero-order valence-electron chi connectivity index (χ0n) is 7.86. The number of imidazole rings is 1. The van der Waals surface area contributed by atoms with Gasteiger partial charge < -0.3 is 10.7 Å². The molecular formula is C9H11N5. The van der Waals surface area contributed by atoms with Crippen molar-refractivity contribution in [1.82, 2.24) is 20.2 Å². The molecule has 3 N–H and O–H groups in total. The van der Waals surface area contributed by atoms with Crippen molar-refractivity contribution < 1.29 is 0 Å². The Bertz CT molecular complexity index is 434. The Balaban J connectivity index is 2.41. The van der Waals surface area contributed by atoms with Gasteiger partial charge in [0.05, 0.1) is 6.20 Å². The highest BCUT2D eigenvalue weighted by Crippen LogP contribution is 2.12. The van der Waals surface area contributed by atoms with Crippen LogP contribution in [-0.2, 0) is 6.54 Å². The van der Waals surface area contributed by atoms with E-state index in [9.17, 15) is 0 Å². The van der Waals surface area contributed by atoms with Crippen LogP contribution in [0.25, 0.3) is 11.5 Å². The largest absolute Gasteiger partial charge is 0.341 e. The zero-order valence-corrected chi connectivity index (χ0v) is 7.86. The second-order valence-electron chi connectivity index (χ2n) is 3.07. The normalized spacial score (nSPS) is 10.4. The Morgan fingerprint density at radius 3 is 2.93 bits per heavy atom. The van der Waals surface area contributed by atoms with E-state index >= 15 is 0 Å². The number of aromatic nitrogens is 4. The van der Waals surface area contributed by atoms with E-state index in [1.54, 1.807) is 12.4 Å². The molecule has 0 unspecified atom stereocenters. The maximum absolute atomic E-state index is 5.50. The van der Waals surface area contributed by atoms with Crippen molar-refractivity contribution in [3.63, 3.8) is 0 Å². The summed E-state index contributed by atoms with van der Waals surface area (Å²) >= 11 is 0. The van der Waals surface area contributed by atoms with Crippen molar-refractivity contribution in [2.24, 2.45) is 5.73 Å². The van der Waals surface area contributed by atoms with E-state index in [1.165, 1.54) is 0 Å². The molecule has 0 atom stereocenters. The Morgan fingerprint density at radius 2 is 2.29 bits per heavy atom. The zero-order chi connectivity index (χ0) is 9.97. The first-order chi connectivity index (χ1) is 6.79. The average molecular weight is 189 g/mol. The van der Waals surface area contributed by atoms with Gasteiger partial charge in [0.2, 0.25) is 0 Å². The molecule has 0 saturated carbocycles. The summed E-state index contributed by atoms with van der Waals surface area (Å²) < 4.78 is 0. The summed E-state index contributed by atoms with van der Waals surface area (Å²) in [5.74, 6) is 0.727. The molecule has 0 saturated heterocycles. The van der Waals surface area contributed by atoms with Gasteiger partial charge in [-0.2, -0.15) is 5.10 Å². The van der Waals surface area contributed by atoms with Crippen LogP contribution in [0.15, 0.2) is 18.5 Å². The minimum atomic E-state index is 0.461. The van der Waals surface area contributed by atoms with Crippen LogP contribution < -0.4 is 5.73 Å². The third kappa shape index (κ3) is 1.62. The fraction of sp³-hybridized carbons (Fsp3) is 0.222. The van der Waals surface area contributed by atoms with Crippen LogP contribution in [0.3, 0.4) is 0 Å². The van der Waals surface area contributed by atoms with Gasteiger partial charge in [0.1, 0.15) is 5.69 Å². The minimum Gasteiger partial charge on any atom is -0.341 e. The standard InChI is InChI=1S/C9H11N5/c1-6-4-11-9(13-6)8-2-7(3-10)5-12-14-8/h2,4-5H,3,10H2,1H3,(H,11,13). The predicted molar refractivity (Wildman–Crippen MR) is 52.2 cm³/mol. The van der Waals surface area contributed by atoms with Gasteiger partial charge in [0, 0.05) is 18.4 Å². The van der Waals surface area contributed by atoms with Gasteiger partial charge in [0.25, 0.3) is 0 Å². The maximum atomic E-state index is 5.50. The fourth-order valence-electron chi connectivity index (χ4n) is 1.18. The summed E-state index contributed by atoms with van der Waals surface area (Å²) in [5, 5.41) is 7.82. The monoisotopic (exact) mass is 189 g/mol. The summed E-state index contributed by atoms with van der Waals surface area (Å²) in [4.78, 5) is 7.25. The molecule has 0 aliphatic rings. The summed E-state index contributed by atoms with van der Waals surface area (Å²) in [6.07, 6.45) is 3.41. The van der Waals surface area contributed by atoms with Crippen LogP contribution >= 0.6 is 0 Å². The molecule has 0 radical (unpaired) electrons. The number of nitrogens with zero attached hydrogens (tertiary/aromatic N) is 3. The predicted octanol–water partition coefficient (Wildman–Crippen LogP) is 0.634. The van der Waals surface area contributed by atoms with E-state index < -0.39 is 0 Å². The van der Waals surface area contributed by atoms with Crippen LogP contribution in [-0.4, -0.2) is 20.2 Å². The lowest BCUT2D eigenvalue weighted by molar-refractivity contribution is 0.963. The average Bonchev–Trinajstić information content (AvgIpc) is 2.65. The second-order valence-corrected chi connectivity index (χ2v) is 3.07. The van der Waals surface area contributed by atoms with Gasteiger partial charge in [-0.3, -0.25) is 0 Å². The van der Waals surface area contributed by atoms with E-state index in [2.05, 4.69) is 20.2 Å². The van der Waals surface area contributed by atoms with Crippen molar-refractivity contribution in [3.8, 4) is 11.5 Å². The van der Waals surface area contributed by atoms with Crippen molar-refractivity contribution in [2.75, 3.05) is 0 Å². The molecule has 2 rings (SSSR count).